The predicted octanol–water partition coefficient (Wildman–Crippen LogP) is 1.70. The Morgan fingerprint density at radius 1 is 1.25 bits per heavy atom. The fourth-order valence-electron chi connectivity index (χ4n) is 1.90. The average Bonchev–Trinajstić information content (AvgIpc) is 2.06. The number of rotatable bonds is 3. The number of aliphatic hydroxyl groups is 1. The highest BCUT2D eigenvalue weighted by molar-refractivity contribution is 5.85. The topological polar surface area (TPSA) is 46.2 Å². The second-order valence-corrected chi connectivity index (χ2v) is 3.63. The molecule has 0 aromatic heterocycles. The molecular weight excluding hydrogens is 174 g/mol. The van der Waals surface area contributed by atoms with E-state index in [-0.39, 0.29) is 18.5 Å². The minimum Gasteiger partial charge on any atom is -0.392 e. The molecule has 0 bridgehead atoms. The Hall–Kier alpha value is 0.210. The lowest BCUT2D eigenvalue weighted by atomic mass is 9.85. The second-order valence-electron chi connectivity index (χ2n) is 3.63. The van der Waals surface area contributed by atoms with Crippen LogP contribution in [-0.4, -0.2) is 17.8 Å². The Morgan fingerprint density at radius 3 is 2.33 bits per heavy atom. The van der Waals surface area contributed by atoms with Gasteiger partial charge in [0.05, 0.1) is 6.10 Å². The summed E-state index contributed by atoms with van der Waals surface area (Å²) < 4.78 is 0. The van der Waals surface area contributed by atoms with Gasteiger partial charge in [-0.25, -0.2) is 0 Å². The molecule has 0 amide bonds. The first-order valence-corrected chi connectivity index (χ1v) is 4.71. The Bertz CT molecular complexity index is 105. The fourth-order valence-corrected chi connectivity index (χ4v) is 1.90. The summed E-state index contributed by atoms with van der Waals surface area (Å²) in [5.41, 5.74) is 5.34. The van der Waals surface area contributed by atoms with Crippen molar-refractivity contribution in [3.05, 3.63) is 0 Å². The van der Waals surface area contributed by atoms with Crippen molar-refractivity contribution in [2.24, 2.45) is 11.7 Å². The van der Waals surface area contributed by atoms with Crippen molar-refractivity contribution in [3.8, 4) is 0 Å². The normalized spacial score (nSPS) is 21.5. The lowest BCUT2D eigenvalue weighted by Crippen LogP contribution is -2.23. The summed E-state index contributed by atoms with van der Waals surface area (Å²) in [6.07, 6.45) is 7.36. The number of aliphatic hydroxyl groups excluding tert-OH is 1. The van der Waals surface area contributed by atoms with E-state index in [1.54, 1.807) is 0 Å². The summed E-state index contributed by atoms with van der Waals surface area (Å²) in [7, 11) is 0. The molecule has 0 radical (unpaired) electrons. The highest BCUT2D eigenvalue weighted by atomic mass is 35.5. The van der Waals surface area contributed by atoms with E-state index in [4.69, 9.17) is 5.73 Å². The SMILES string of the molecule is Cl.NCC(O)CC1CCCCC1. The van der Waals surface area contributed by atoms with Crippen LogP contribution < -0.4 is 5.73 Å². The van der Waals surface area contributed by atoms with Crippen molar-refractivity contribution in [2.45, 2.75) is 44.6 Å². The highest BCUT2D eigenvalue weighted by Gasteiger charge is 2.16. The maximum Gasteiger partial charge on any atom is 0.0665 e. The fraction of sp³-hybridized carbons (Fsp3) is 1.00. The van der Waals surface area contributed by atoms with E-state index < -0.39 is 0 Å². The molecule has 1 aliphatic rings. The Balaban J connectivity index is 0.00000121. The maximum atomic E-state index is 9.29. The van der Waals surface area contributed by atoms with Crippen LogP contribution in [0.25, 0.3) is 0 Å². The molecule has 0 aliphatic heterocycles. The predicted molar refractivity (Wildman–Crippen MR) is 53.5 cm³/mol. The smallest absolute Gasteiger partial charge is 0.0665 e. The summed E-state index contributed by atoms with van der Waals surface area (Å²) in [6, 6.07) is 0. The van der Waals surface area contributed by atoms with Gasteiger partial charge >= 0.3 is 0 Å². The zero-order valence-electron chi connectivity index (χ0n) is 7.54. The van der Waals surface area contributed by atoms with Crippen molar-refractivity contribution < 1.29 is 5.11 Å². The third kappa shape index (κ3) is 4.29. The number of halogens is 1. The number of nitrogens with two attached hydrogens (primary N) is 1. The van der Waals surface area contributed by atoms with Gasteiger partial charge < -0.3 is 10.8 Å². The molecule has 1 rings (SSSR count). The van der Waals surface area contributed by atoms with Crippen LogP contribution in [0.2, 0.25) is 0 Å². The largest absolute Gasteiger partial charge is 0.392 e. The standard InChI is InChI=1S/C9H19NO.ClH/c10-7-9(11)6-8-4-2-1-3-5-8;/h8-9,11H,1-7,10H2;1H. The van der Waals surface area contributed by atoms with Gasteiger partial charge in [-0.05, 0) is 12.3 Å². The molecule has 0 saturated heterocycles. The van der Waals surface area contributed by atoms with Crippen LogP contribution in [-0.2, 0) is 0 Å². The van der Waals surface area contributed by atoms with Crippen molar-refractivity contribution in [1.82, 2.24) is 0 Å². The minimum absolute atomic E-state index is 0. The molecule has 3 heteroatoms. The zero-order valence-corrected chi connectivity index (χ0v) is 8.35. The Kier molecular flexibility index (Phi) is 6.81. The van der Waals surface area contributed by atoms with Crippen molar-refractivity contribution in [1.29, 1.82) is 0 Å². The van der Waals surface area contributed by atoms with Crippen LogP contribution in [0.4, 0.5) is 0 Å². The third-order valence-corrected chi connectivity index (χ3v) is 2.60. The summed E-state index contributed by atoms with van der Waals surface area (Å²) in [4.78, 5) is 0. The molecule has 3 N–H and O–H groups in total. The van der Waals surface area contributed by atoms with Crippen LogP contribution in [0, 0.1) is 5.92 Å². The summed E-state index contributed by atoms with van der Waals surface area (Å²) in [5, 5.41) is 9.29. The van der Waals surface area contributed by atoms with Gasteiger partial charge in [-0.1, -0.05) is 32.1 Å². The molecule has 1 atom stereocenters. The molecule has 12 heavy (non-hydrogen) atoms. The quantitative estimate of drug-likeness (QED) is 0.717. The molecule has 0 heterocycles. The first kappa shape index (κ1) is 12.2. The van der Waals surface area contributed by atoms with Gasteiger partial charge in [-0.2, -0.15) is 0 Å². The van der Waals surface area contributed by atoms with E-state index >= 15 is 0 Å². The van der Waals surface area contributed by atoms with Crippen molar-refractivity contribution >= 4 is 12.4 Å². The zero-order chi connectivity index (χ0) is 8.10. The minimum atomic E-state index is -0.252. The molecule has 1 unspecified atom stereocenters. The lowest BCUT2D eigenvalue weighted by Gasteiger charge is -2.23. The first-order chi connectivity index (χ1) is 5.33. The van der Waals surface area contributed by atoms with Gasteiger partial charge in [-0.15, -0.1) is 12.4 Å². The average molecular weight is 194 g/mol. The molecule has 74 valence electrons. The Labute approximate surface area is 80.9 Å². The van der Waals surface area contributed by atoms with E-state index in [0.717, 1.165) is 12.3 Å². The van der Waals surface area contributed by atoms with Gasteiger partial charge in [0, 0.05) is 6.54 Å². The first-order valence-electron chi connectivity index (χ1n) is 4.71. The van der Waals surface area contributed by atoms with E-state index in [2.05, 4.69) is 0 Å². The van der Waals surface area contributed by atoms with Crippen molar-refractivity contribution in [3.63, 3.8) is 0 Å². The molecule has 1 fully saturated rings. The summed E-state index contributed by atoms with van der Waals surface area (Å²) in [6.45, 7) is 0.427. The van der Waals surface area contributed by atoms with Crippen LogP contribution in [0.3, 0.4) is 0 Å². The highest BCUT2D eigenvalue weighted by Crippen LogP contribution is 2.26. The monoisotopic (exact) mass is 193 g/mol. The number of hydrogen-bond acceptors (Lipinski definition) is 2. The van der Waals surface area contributed by atoms with E-state index in [9.17, 15) is 5.11 Å². The van der Waals surface area contributed by atoms with Crippen LogP contribution in [0.1, 0.15) is 38.5 Å². The van der Waals surface area contributed by atoms with E-state index in [1.807, 2.05) is 0 Å². The summed E-state index contributed by atoms with van der Waals surface area (Å²) in [5.74, 6) is 0.752. The molecule has 0 aromatic rings. The van der Waals surface area contributed by atoms with Crippen LogP contribution >= 0.6 is 12.4 Å². The number of hydrogen-bond donors (Lipinski definition) is 2. The van der Waals surface area contributed by atoms with Crippen molar-refractivity contribution in [2.75, 3.05) is 6.54 Å². The molecule has 2 nitrogen and oxygen atoms in total. The lowest BCUT2D eigenvalue weighted by molar-refractivity contribution is 0.137. The van der Waals surface area contributed by atoms with Gasteiger partial charge in [0.2, 0.25) is 0 Å². The van der Waals surface area contributed by atoms with Gasteiger partial charge in [0.15, 0.2) is 0 Å². The van der Waals surface area contributed by atoms with Crippen LogP contribution in [0.5, 0.6) is 0 Å². The Morgan fingerprint density at radius 2 is 1.83 bits per heavy atom. The van der Waals surface area contributed by atoms with E-state index in [0.29, 0.717) is 6.54 Å². The summed E-state index contributed by atoms with van der Waals surface area (Å²) >= 11 is 0. The molecule has 0 spiro atoms. The van der Waals surface area contributed by atoms with Crippen LogP contribution in [0.15, 0.2) is 0 Å². The molecular formula is C9H20ClNO. The molecule has 1 aliphatic carbocycles. The van der Waals surface area contributed by atoms with Gasteiger partial charge in [0.1, 0.15) is 0 Å². The second kappa shape index (κ2) is 6.70. The molecule has 1 saturated carbocycles. The van der Waals surface area contributed by atoms with Gasteiger partial charge in [-0.3, -0.25) is 0 Å². The van der Waals surface area contributed by atoms with Gasteiger partial charge in [0.25, 0.3) is 0 Å². The maximum absolute atomic E-state index is 9.29. The third-order valence-electron chi connectivity index (χ3n) is 2.60. The van der Waals surface area contributed by atoms with E-state index in [1.165, 1.54) is 32.1 Å². The molecule has 0 aromatic carbocycles.